The van der Waals surface area contributed by atoms with Gasteiger partial charge in [-0.2, -0.15) is 0 Å². The van der Waals surface area contributed by atoms with Gasteiger partial charge in [-0.1, -0.05) is 57.8 Å². The highest BCUT2D eigenvalue weighted by atomic mass is 16.5. The van der Waals surface area contributed by atoms with E-state index in [9.17, 15) is 0 Å². The summed E-state index contributed by atoms with van der Waals surface area (Å²) in [6.45, 7) is 4.95. The van der Waals surface area contributed by atoms with Crippen molar-refractivity contribution in [3.8, 4) is 0 Å². The molecule has 2 N–H and O–H groups in total. The maximum atomic E-state index is 6.21. The Kier molecular flexibility index (Phi) is 7.92. The Morgan fingerprint density at radius 3 is 1.56 bits per heavy atom. The summed E-state index contributed by atoms with van der Waals surface area (Å²) < 4.78 is 6.21. The van der Waals surface area contributed by atoms with E-state index >= 15 is 0 Å². The lowest BCUT2D eigenvalue weighted by molar-refractivity contribution is -0.0867. The molecule has 0 amide bonds. The molecule has 1 aliphatic carbocycles. The van der Waals surface area contributed by atoms with Gasteiger partial charge in [-0.25, -0.2) is 0 Å². The monoisotopic (exact) mass is 255 g/mol. The third-order valence-corrected chi connectivity index (χ3v) is 4.12. The van der Waals surface area contributed by atoms with Crippen molar-refractivity contribution in [1.82, 2.24) is 0 Å². The molecule has 0 atom stereocenters. The second kappa shape index (κ2) is 8.92. The van der Waals surface area contributed by atoms with Crippen LogP contribution in [0.3, 0.4) is 0 Å². The van der Waals surface area contributed by atoms with Gasteiger partial charge in [0.1, 0.15) is 0 Å². The van der Waals surface area contributed by atoms with Gasteiger partial charge in [0.15, 0.2) is 0 Å². The number of hydrogen-bond donors (Lipinski definition) is 1. The van der Waals surface area contributed by atoms with Crippen molar-refractivity contribution in [2.45, 2.75) is 96.2 Å². The lowest BCUT2D eigenvalue weighted by atomic mass is 9.88. The van der Waals surface area contributed by atoms with Crippen molar-refractivity contribution in [1.29, 1.82) is 0 Å². The van der Waals surface area contributed by atoms with E-state index in [-0.39, 0.29) is 5.60 Å². The largest absolute Gasteiger partial charge is 0.371 e. The summed E-state index contributed by atoms with van der Waals surface area (Å²) in [6, 6.07) is 0. The second-order valence-electron chi connectivity index (χ2n) is 6.24. The molecule has 2 heteroatoms. The Morgan fingerprint density at radius 2 is 1.22 bits per heavy atom. The van der Waals surface area contributed by atoms with Crippen LogP contribution in [0.25, 0.3) is 0 Å². The first-order valence-corrected chi connectivity index (χ1v) is 8.06. The SMILES string of the molecule is CC(C)OC1(CN)CCCCCCCCCCC1. The van der Waals surface area contributed by atoms with E-state index in [1.807, 2.05) is 0 Å². The molecule has 18 heavy (non-hydrogen) atoms. The Hall–Kier alpha value is -0.0800. The van der Waals surface area contributed by atoms with Crippen molar-refractivity contribution in [2.24, 2.45) is 5.73 Å². The highest BCUT2D eigenvalue weighted by Crippen LogP contribution is 2.28. The molecular formula is C16H33NO. The molecule has 0 aromatic carbocycles. The third-order valence-electron chi connectivity index (χ3n) is 4.12. The standard InChI is InChI=1S/C16H33NO/c1-15(2)18-16(14-17)12-10-8-6-4-3-5-7-9-11-13-16/h15H,3-14,17H2,1-2H3. The lowest BCUT2D eigenvalue weighted by Crippen LogP contribution is -2.42. The summed E-state index contributed by atoms with van der Waals surface area (Å²) in [7, 11) is 0. The minimum absolute atomic E-state index is 0.0344. The highest BCUT2D eigenvalue weighted by Gasteiger charge is 2.29. The Labute approximate surface area is 114 Å². The summed E-state index contributed by atoms with van der Waals surface area (Å²) in [6.07, 6.45) is 14.9. The van der Waals surface area contributed by atoms with Crippen LogP contribution in [0.4, 0.5) is 0 Å². The summed E-state index contributed by atoms with van der Waals surface area (Å²) in [5, 5.41) is 0. The highest BCUT2D eigenvalue weighted by molar-refractivity contribution is 4.83. The van der Waals surface area contributed by atoms with E-state index in [2.05, 4.69) is 13.8 Å². The molecule has 0 spiro atoms. The average Bonchev–Trinajstić information content (AvgIpc) is 2.32. The molecule has 0 heterocycles. The van der Waals surface area contributed by atoms with Gasteiger partial charge < -0.3 is 10.5 Å². The predicted octanol–water partition coefficient (Wildman–Crippen LogP) is 4.41. The fourth-order valence-corrected chi connectivity index (χ4v) is 3.13. The van der Waals surface area contributed by atoms with Crippen LogP contribution < -0.4 is 5.73 Å². The van der Waals surface area contributed by atoms with E-state index in [4.69, 9.17) is 10.5 Å². The van der Waals surface area contributed by atoms with Crippen LogP contribution in [0, 0.1) is 0 Å². The average molecular weight is 255 g/mol. The lowest BCUT2D eigenvalue weighted by Gasteiger charge is -2.35. The van der Waals surface area contributed by atoms with Crippen LogP contribution >= 0.6 is 0 Å². The van der Waals surface area contributed by atoms with E-state index in [0.29, 0.717) is 12.6 Å². The van der Waals surface area contributed by atoms with Gasteiger partial charge in [0.25, 0.3) is 0 Å². The Bertz CT molecular complexity index is 191. The summed E-state index contributed by atoms with van der Waals surface area (Å²) >= 11 is 0. The quantitative estimate of drug-likeness (QED) is 0.810. The zero-order valence-corrected chi connectivity index (χ0v) is 12.5. The van der Waals surface area contributed by atoms with Crippen LogP contribution in [0.1, 0.15) is 84.5 Å². The normalized spacial score (nSPS) is 23.3. The van der Waals surface area contributed by atoms with E-state index in [1.165, 1.54) is 57.8 Å². The molecule has 0 aromatic rings. The van der Waals surface area contributed by atoms with Crippen LogP contribution in [-0.2, 0) is 4.74 Å². The molecule has 1 saturated carbocycles. The summed E-state index contributed by atoms with van der Waals surface area (Å²) in [5.74, 6) is 0. The minimum atomic E-state index is -0.0344. The molecule has 0 radical (unpaired) electrons. The smallest absolute Gasteiger partial charge is 0.0807 e. The van der Waals surface area contributed by atoms with Gasteiger partial charge in [0.2, 0.25) is 0 Å². The van der Waals surface area contributed by atoms with Gasteiger partial charge >= 0.3 is 0 Å². The van der Waals surface area contributed by atoms with Gasteiger partial charge in [-0.05, 0) is 26.7 Å². The molecule has 108 valence electrons. The maximum Gasteiger partial charge on any atom is 0.0807 e. The molecule has 0 saturated heterocycles. The fourth-order valence-electron chi connectivity index (χ4n) is 3.13. The topological polar surface area (TPSA) is 35.2 Å². The van der Waals surface area contributed by atoms with Gasteiger partial charge in [-0.3, -0.25) is 0 Å². The zero-order valence-electron chi connectivity index (χ0n) is 12.5. The van der Waals surface area contributed by atoms with Gasteiger partial charge in [-0.15, -0.1) is 0 Å². The molecule has 0 unspecified atom stereocenters. The molecule has 1 fully saturated rings. The van der Waals surface area contributed by atoms with Crippen molar-refractivity contribution < 1.29 is 4.74 Å². The van der Waals surface area contributed by atoms with Gasteiger partial charge in [0.05, 0.1) is 11.7 Å². The van der Waals surface area contributed by atoms with Crippen molar-refractivity contribution in [2.75, 3.05) is 6.54 Å². The summed E-state index contributed by atoms with van der Waals surface area (Å²) in [4.78, 5) is 0. The predicted molar refractivity (Wildman–Crippen MR) is 78.8 cm³/mol. The van der Waals surface area contributed by atoms with E-state index in [1.54, 1.807) is 0 Å². The molecular weight excluding hydrogens is 222 g/mol. The van der Waals surface area contributed by atoms with E-state index in [0.717, 1.165) is 12.8 Å². The van der Waals surface area contributed by atoms with Crippen molar-refractivity contribution in [3.05, 3.63) is 0 Å². The third kappa shape index (κ3) is 6.19. The number of rotatable bonds is 3. The van der Waals surface area contributed by atoms with Gasteiger partial charge in [0, 0.05) is 6.54 Å². The van der Waals surface area contributed by atoms with Crippen LogP contribution in [0.15, 0.2) is 0 Å². The molecule has 0 aliphatic heterocycles. The molecule has 0 bridgehead atoms. The fraction of sp³-hybridized carbons (Fsp3) is 1.00. The maximum absolute atomic E-state index is 6.21. The first-order chi connectivity index (χ1) is 8.68. The molecule has 1 rings (SSSR count). The first-order valence-electron chi connectivity index (χ1n) is 8.06. The van der Waals surface area contributed by atoms with Crippen molar-refractivity contribution >= 4 is 0 Å². The van der Waals surface area contributed by atoms with Crippen molar-refractivity contribution in [3.63, 3.8) is 0 Å². The van der Waals surface area contributed by atoms with Crippen LogP contribution in [0.5, 0.6) is 0 Å². The number of hydrogen-bond acceptors (Lipinski definition) is 2. The van der Waals surface area contributed by atoms with Crippen LogP contribution in [0.2, 0.25) is 0 Å². The zero-order chi connectivity index (χ0) is 13.3. The Morgan fingerprint density at radius 1 is 0.833 bits per heavy atom. The van der Waals surface area contributed by atoms with Crippen LogP contribution in [-0.4, -0.2) is 18.2 Å². The molecule has 1 aliphatic rings. The number of nitrogens with two attached hydrogens (primary N) is 1. The van der Waals surface area contributed by atoms with E-state index < -0.39 is 0 Å². The second-order valence-corrected chi connectivity index (χ2v) is 6.24. The Balaban J connectivity index is 2.52. The molecule has 0 aromatic heterocycles. The molecule has 2 nitrogen and oxygen atoms in total. The minimum Gasteiger partial charge on any atom is -0.371 e. The summed E-state index contributed by atoms with van der Waals surface area (Å²) in [5.41, 5.74) is 6.01. The number of ether oxygens (including phenoxy) is 1. The first kappa shape index (κ1) is 16.0.